The summed E-state index contributed by atoms with van der Waals surface area (Å²) in [5.41, 5.74) is 0.102. The minimum Gasteiger partial charge on any atom is -0.360 e. The molecule has 1 aliphatic rings. The molecular formula is C16H28N4O4S. The Morgan fingerprint density at radius 2 is 1.88 bits per heavy atom. The summed E-state index contributed by atoms with van der Waals surface area (Å²) in [6.45, 7) is 11.3. The van der Waals surface area contributed by atoms with Gasteiger partial charge >= 0.3 is 0 Å². The number of rotatable bonds is 4. The van der Waals surface area contributed by atoms with Crippen molar-refractivity contribution < 1.29 is 17.7 Å². The van der Waals surface area contributed by atoms with Crippen molar-refractivity contribution in [2.24, 2.45) is 0 Å². The molecule has 1 N–H and O–H groups in total. The summed E-state index contributed by atoms with van der Waals surface area (Å²) in [6, 6.07) is 0. The first-order chi connectivity index (χ1) is 11.5. The van der Waals surface area contributed by atoms with Gasteiger partial charge in [0.05, 0.1) is 6.54 Å². The Balaban J connectivity index is 2.03. The van der Waals surface area contributed by atoms with Gasteiger partial charge in [0.15, 0.2) is 5.76 Å². The first kappa shape index (κ1) is 19.9. The number of carbonyl (C=O) groups is 1. The molecule has 1 aromatic rings. The van der Waals surface area contributed by atoms with E-state index >= 15 is 0 Å². The van der Waals surface area contributed by atoms with E-state index in [0.29, 0.717) is 44.1 Å². The van der Waals surface area contributed by atoms with Crippen LogP contribution in [0.15, 0.2) is 9.42 Å². The SMILES string of the molecule is Cc1noc(C)c1S(=O)(=O)N1CCCN(CC(=O)NC(C)(C)C)CC1. The van der Waals surface area contributed by atoms with Gasteiger partial charge in [0.25, 0.3) is 0 Å². The highest BCUT2D eigenvalue weighted by atomic mass is 32.2. The van der Waals surface area contributed by atoms with Gasteiger partial charge in [0.2, 0.25) is 15.9 Å². The van der Waals surface area contributed by atoms with Crippen LogP contribution < -0.4 is 5.32 Å². The van der Waals surface area contributed by atoms with Gasteiger partial charge < -0.3 is 9.84 Å². The molecule has 0 unspecified atom stereocenters. The van der Waals surface area contributed by atoms with E-state index in [1.165, 1.54) is 4.31 Å². The summed E-state index contributed by atoms with van der Waals surface area (Å²) in [5.74, 6) is 0.262. The molecular weight excluding hydrogens is 344 g/mol. The van der Waals surface area contributed by atoms with Crippen LogP contribution in [0.5, 0.6) is 0 Å². The van der Waals surface area contributed by atoms with Gasteiger partial charge in [0.1, 0.15) is 10.6 Å². The standard InChI is InChI=1S/C16H28N4O4S/c1-12-15(13(2)24-18-12)25(22,23)20-8-6-7-19(9-10-20)11-14(21)17-16(3,4)5/h6-11H2,1-5H3,(H,17,21). The molecule has 1 saturated heterocycles. The molecule has 0 bridgehead atoms. The number of hydrogen-bond acceptors (Lipinski definition) is 6. The molecule has 0 spiro atoms. The van der Waals surface area contributed by atoms with Crippen molar-refractivity contribution in [1.82, 2.24) is 19.7 Å². The second kappa shape index (κ2) is 7.43. The summed E-state index contributed by atoms with van der Waals surface area (Å²) in [6.07, 6.45) is 0.672. The lowest BCUT2D eigenvalue weighted by Crippen LogP contribution is -2.46. The summed E-state index contributed by atoms with van der Waals surface area (Å²) in [5, 5.41) is 6.68. The van der Waals surface area contributed by atoms with Gasteiger partial charge in [-0.2, -0.15) is 4.31 Å². The van der Waals surface area contributed by atoms with Gasteiger partial charge in [-0.25, -0.2) is 8.42 Å². The summed E-state index contributed by atoms with van der Waals surface area (Å²) in [4.78, 5) is 14.2. The molecule has 0 aromatic carbocycles. The van der Waals surface area contributed by atoms with E-state index in [9.17, 15) is 13.2 Å². The minimum absolute atomic E-state index is 0.0467. The van der Waals surface area contributed by atoms with E-state index < -0.39 is 10.0 Å². The van der Waals surface area contributed by atoms with E-state index in [-0.39, 0.29) is 22.9 Å². The van der Waals surface area contributed by atoms with E-state index in [4.69, 9.17) is 4.52 Å². The maximum Gasteiger partial charge on any atom is 0.248 e. The van der Waals surface area contributed by atoms with E-state index in [1.807, 2.05) is 25.7 Å². The largest absolute Gasteiger partial charge is 0.360 e. The molecule has 2 rings (SSSR count). The number of nitrogens with one attached hydrogen (secondary N) is 1. The first-order valence-electron chi connectivity index (χ1n) is 8.47. The zero-order valence-corrected chi connectivity index (χ0v) is 16.4. The van der Waals surface area contributed by atoms with Crippen LogP contribution in [0.4, 0.5) is 0 Å². The quantitative estimate of drug-likeness (QED) is 0.844. The van der Waals surface area contributed by atoms with Crippen molar-refractivity contribution >= 4 is 15.9 Å². The Morgan fingerprint density at radius 3 is 2.44 bits per heavy atom. The maximum atomic E-state index is 12.9. The van der Waals surface area contributed by atoms with Crippen molar-refractivity contribution in [3.8, 4) is 0 Å². The molecule has 0 saturated carbocycles. The van der Waals surface area contributed by atoms with Crippen LogP contribution in [-0.2, 0) is 14.8 Å². The second-order valence-corrected chi connectivity index (χ2v) is 9.36. The van der Waals surface area contributed by atoms with Crippen molar-refractivity contribution in [3.05, 3.63) is 11.5 Å². The van der Waals surface area contributed by atoms with Gasteiger partial charge in [-0.3, -0.25) is 9.69 Å². The Hall–Kier alpha value is -1.45. The lowest BCUT2D eigenvalue weighted by atomic mass is 10.1. The Bertz CT molecular complexity index is 701. The third-order valence-corrected chi connectivity index (χ3v) is 6.14. The average molecular weight is 372 g/mol. The molecule has 0 atom stereocenters. The average Bonchev–Trinajstić information content (AvgIpc) is 2.67. The normalized spacial score (nSPS) is 18.1. The van der Waals surface area contributed by atoms with Crippen LogP contribution in [0.3, 0.4) is 0 Å². The first-order valence-corrected chi connectivity index (χ1v) is 9.91. The van der Waals surface area contributed by atoms with Crippen LogP contribution in [0.25, 0.3) is 0 Å². The topological polar surface area (TPSA) is 95.8 Å². The van der Waals surface area contributed by atoms with Gasteiger partial charge in [0, 0.05) is 25.2 Å². The Morgan fingerprint density at radius 1 is 1.20 bits per heavy atom. The number of carbonyl (C=O) groups excluding carboxylic acids is 1. The molecule has 1 aromatic heterocycles. The van der Waals surface area contributed by atoms with Crippen LogP contribution in [-0.4, -0.2) is 66.9 Å². The summed E-state index contributed by atoms with van der Waals surface area (Å²) >= 11 is 0. The van der Waals surface area contributed by atoms with Crippen LogP contribution in [0.1, 0.15) is 38.6 Å². The maximum absolute atomic E-state index is 12.9. The van der Waals surface area contributed by atoms with Crippen molar-refractivity contribution in [3.63, 3.8) is 0 Å². The third kappa shape index (κ3) is 5.02. The van der Waals surface area contributed by atoms with Crippen LogP contribution in [0, 0.1) is 13.8 Å². The highest BCUT2D eigenvalue weighted by Crippen LogP contribution is 2.24. The van der Waals surface area contributed by atoms with E-state index in [2.05, 4.69) is 10.5 Å². The smallest absolute Gasteiger partial charge is 0.248 e. The monoisotopic (exact) mass is 372 g/mol. The molecule has 142 valence electrons. The number of nitrogens with zero attached hydrogens (tertiary/aromatic N) is 3. The fourth-order valence-corrected chi connectivity index (χ4v) is 4.74. The zero-order valence-electron chi connectivity index (χ0n) is 15.6. The van der Waals surface area contributed by atoms with Crippen LogP contribution in [0.2, 0.25) is 0 Å². The highest BCUT2D eigenvalue weighted by molar-refractivity contribution is 7.89. The second-order valence-electron chi connectivity index (χ2n) is 7.49. The molecule has 0 aliphatic carbocycles. The van der Waals surface area contributed by atoms with E-state index in [0.717, 1.165) is 0 Å². The van der Waals surface area contributed by atoms with Crippen LogP contribution >= 0.6 is 0 Å². The molecule has 0 radical (unpaired) electrons. The molecule has 1 amide bonds. The zero-order chi connectivity index (χ0) is 18.8. The molecule has 8 nitrogen and oxygen atoms in total. The highest BCUT2D eigenvalue weighted by Gasteiger charge is 2.32. The lowest BCUT2D eigenvalue weighted by Gasteiger charge is -2.24. The predicted molar refractivity (Wildman–Crippen MR) is 93.7 cm³/mol. The van der Waals surface area contributed by atoms with E-state index in [1.54, 1.807) is 13.8 Å². The fourth-order valence-electron chi connectivity index (χ4n) is 2.98. The van der Waals surface area contributed by atoms with Gasteiger partial charge in [-0.05, 0) is 47.6 Å². The van der Waals surface area contributed by atoms with Crippen molar-refractivity contribution in [2.45, 2.75) is 51.5 Å². The third-order valence-electron chi connectivity index (χ3n) is 3.99. The summed E-state index contributed by atoms with van der Waals surface area (Å²) < 4.78 is 32.2. The number of amides is 1. The molecule has 1 aliphatic heterocycles. The van der Waals surface area contributed by atoms with Gasteiger partial charge in [-0.15, -0.1) is 0 Å². The minimum atomic E-state index is -3.63. The molecule has 2 heterocycles. The Kier molecular flexibility index (Phi) is 5.90. The van der Waals surface area contributed by atoms with Crippen molar-refractivity contribution in [2.75, 3.05) is 32.7 Å². The fraction of sp³-hybridized carbons (Fsp3) is 0.750. The number of sulfonamides is 1. The number of aromatic nitrogens is 1. The molecule has 9 heteroatoms. The molecule has 25 heavy (non-hydrogen) atoms. The summed E-state index contributed by atoms with van der Waals surface area (Å²) in [7, 11) is -3.63. The predicted octanol–water partition coefficient (Wildman–Crippen LogP) is 0.903. The number of aryl methyl sites for hydroxylation is 2. The Labute approximate surface area is 149 Å². The van der Waals surface area contributed by atoms with Crippen molar-refractivity contribution in [1.29, 1.82) is 0 Å². The molecule has 1 fully saturated rings. The number of hydrogen-bond donors (Lipinski definition) is 1. The lowest BCUT2D eigenvalue weighted by molar-refractivity contribution is -0.123. The van der Waals surface area contributed by atoms with Gasteiger partial charge in [-0.1, -0.05) is 5.16 Å².